The van der Waals surface area contributed by atoms with Gasteiger partial charge in [-0.15, -0.1) is 0 Å². The number of unbranched alkanes of at least 4 members (excludes halogenated alkanes) is 1. The van der Waals surface area contributed by atoms with E-state index in [1.807, 2.05) is 24.3 Å². The molecule has 29 heavy (non-hydrogen) atoms. The minimum atomic E-state index is 0.605. The summed E-state index contributed by atoms with van der Waals surface area (Å²) in [5.74, 6) is 1.22. The normalized spacial score (nSPS) is 15.0. The number of benzene rings is 2. The summed E-state index contributed by atoms with van der Waals surface area (Å²) in [5.41, 5.74) is 2.16. The van der Waals surface area contributed by atoms with E-state index in [0.717, 1.165) is 30.3 Å². The number of halogens is 1. The van der Waals surface area contributed by atoms with E-state index in [1.165, 1.54) is 32.4 Å². The molecule has 2 heterocycles. The zero-order valence-corrected chi connectivity index (χ0v) is 17.5. The molecule has 2 aromatic carbocycles. The third kappa shape index (κ3) is 4.68. The Balaban J connectivity index is 1.43. The van der Waals surface area contributed by atoms with Crippen molar-refractivity contribution in [3.63, 3.8) is 0 Å². The van der Waals surface area contributed by atoms with Crippen LogP contribution >= 0.6 is 11.6 Å². The Morgan fingerprint density at radius 2 is 2.03 bits per heavy atom. The SMILES string of the molecule is COc1c(OCCCCN2CCCCC2)[c]ccc1-c1noc2cc(Cl)ccc12. The maximum absolute atomic E-state index is 6.05. The van der Waals surface area contributed by atoms with Gasteiger partial charge in [-0.3, -0.25) is 0 Å². The molecule has 0 bridgehead atoms. The number of aromatic nitrogens is 1. The quantitative estimate of drug-likeness (QED) is 0.450. The predicted molar refractivity (Wildman–Crippen MR) is 115 cm³/mol. The first-order valence-corrected chi connectivity index (χ1v) is 10.6. The summed E-state index contributed by atoms with van der Waals surface area (Å²) >= 11 is 6.05. The molecule has 1 aromatic heterocycles. The fraction of sp³-hybridized carbons (Fsp3) is 0.435. The first-order valence-electron chi connectivity index (χ1n) is 10.3. The van der Waals surface area contributed by atoms with Gasteiger partial charge in [0, 0.05) is 22.5 Å². The Kier molecular flexibility index (Phi) is 6.57. The van der Waals surface area contributed by atoms with Gasteiger partial charge < -0.3 is 18.9 Å². The first-order chi connectivity index (χ1) is 14.3. The Morgan fingerprint density at radius 3 is 2.86 bits per heavy atom. The largest absolute Gasteiger partial charge is 0.492 e. The number of ether oxygens (including phenoxy) is 2. The summed E-state index contributed by atoms with van der Waals surface area (Å²) in [7, 11) is 1.63. The highest BCUT2D eigenvalue weighted by Crippen LogP contribution is 2.40. The lowest BCUT2D eigenvalue weighted by Crippen LogP contribution is -2.30. The molecule has 1 radical (unpaired) electrons. The first kappa shape index (κ1) is 20.0. The molecule has 0 N–H and O–H groups in total. The number of fused-ring (bicyclic) bond motifs is 1. The standard InChI is InChI=1S/C23H26ClN2O3/c1-27-23-19(22-18-11-10-17(24)16-21(18)29-25-22)8-7-9-20(23)28-15-6-5-14-26-12-3-2-4-13-26/h7-8,10-11,16H,2-6,12-15H2,1H3. The highest BCUT2D eigenvalue weighted by molar-refractivity contribution is 6.31. The van der Waals surface area contributed by atoms with Gasteiger partial charge >= 0.3 is 0 Å². The molecule has 1 aliphatic rings. The summed E-state index contributed by atoms with van der Waals surface area (Å²) in [6.45, 7) is 4.26. The average molecular weight is 414 g/mol. The average Bonchev–Trinajstić information content (AvgIpc) is 3.16. The van der Waals surface area contributed by atoms with Crippen molar-refractivity contribution >= 4 is 22.6 Å². The van der Waals surface area contributed by atoms with Gasteiger partial charge in [0.05, 0.1) is 19.3 Å². The Hall–Kier alpha value is -2.24. The Labute approximate surface area is 176 Å². The van der Waals surface area contributed by atoms with E-state index in [1.54, 1.807) is 13.2 Å². The third-order valence-corrected chi connectivity index (χ3v) is 5.61. The second-order valence-electron chi connectivity index (χ2n) is 7.38. The van der Waals surface area contributed by atoms with Crippen molar-refractivity contribution in [2.45, 2.75) is 32.1 Å². The van der Waals surface area contributed by atoms with E-state index < -0.39 is 0 Å². The zero-order chi connectivity index (χ0) is 20.1. The highest BCUT2D eigenvalue weighted by Gasteiger charge is 2.18. The van der Waals surface area contributed by atoms with Gasteiger partial charge in [0.1, 0.15) is 5.69 Å². The van der Waals surface area contributed by atoms with Gasteiger partial charge in [0.25, 0.3) is 0 Å². The van der Waals surface area contributed by atoms with Crippen LogP contribution < -0.4 is 9.47 Å². The molecule has 0 atom stereocenters. The van der Waals surface area contributed by atoms with Gasteiger partial charge in [0.15, 0.2) is 17.1 Å². The molecule has 1 aliphatic heterocycles. The summed E-state index contributed by atoms with van der Waals surface area (Å²) in [6.07, 6.45) is 6.18. The second kappa shape index (κ2) is 9.51. The summed E-state index contributed by atoms with van der Waals surface area (Å²) in [6, 6.07) is 12.4. The topological polar surface area (TPSA) is 47.7 Å². The van der Waals surface area contributed by atoms with E-state index >= 15 is 0 Å². The maximum atomic E-state index is 6.05. The fourth-order valence-electron chi connectivity index (χ4n) is 3.86. The van der Waals surface area contributed by atoms with Crippen molar-refractivity contribution in [3.05, 3.63) is 41.4 Å². The molecule has 6 heteroatoms. The number of nitrogens with zero attached hydrogens (tertiary/aromatic N) is 2. The molecule has 1 fully saturated rings. The van der Waals surface area contributed by atoms with Gasteiger partial charge in [-0.1, -0.05) is 23.2 Å². The molecule has 0 saturated carbocycles. The lowest BCUT2D eigenvalue weighted by molar-refractivity contribution is 0.214. The van der Waals surface area contributed by atoms with E-state index in [2.05, 4.69) is 16.1 Å². The monoisotopic (exact) mass is 413 g/mol. The number of hydrogen-bond donors (Lipinski definition) is 0. The van der Waals surface area contributed by atoms with Crippen molar-refractivity contribution in [3.8, 4) is 22.8 Å². The van der Waals surface area contributed by atoms with Crippen LogP contribution in [0.3, 0.4) is 0 Å². The van der Waals surface area contributed by atoms with Crippen LogP contribution in [0.15, 0.2) is 34.9 Å². The molecule has 153 valence electrons. The van der Waals surface area contributed by atoms with Crippen LogP contribution in [-0.2, 0) is 0 Å². The molecule has 4 rings (SSSR count). The van der Waals surface area contributed by atoms with Crippen molar-refractivity contribution in [1.29, 1.82) is 0 Å². The molecular weight excluding hydrogens is 388 g/mol. The maximum Gasteiger partial charge on any atom is 0.170 e. The number of rotatable bonds is 8. The molecule has 0 unspecified atom stereocenters. The van der Waals surface area contributed by atoms with Gasteiger partial charge in [-0.05, 0) is 69.6 Å². The van der Waals surface area contributed by atoms with E-state index in [4.69, 9.17) is 25.6 Å². The van der Waals surface area contributed by atoms with Gasteiger partial charge in [-0.2, -0.15) is 0 Å². The minimum Gasteiger partial charge on any atom is -0.492 e. The highest BCUT2D eigenvalue weighted by atomic mass is 35.5. The van der Waals surface area contributed by atoms with Gasteiger partial charge in [-0.25, -0.2) is 0 Å². The second-order valence-corrected chi connectivity index (χ2v) is 7.82. The van der Waals surface area contributed by atoms with Crippen LogP contribution in [0.25, 0.3) is 22.2 Å². The van der Waals surface area contributed by atoms with E-state index in [-0.39, 0.29) is 0 Å². The van der Waals surface area contributed by atoms with E-state index in [9.17, 15) is 0 Å². The molecule has 0 spiro atoms. The number of likely N-dealkylation sites (tertiary alicyclic amines) is 1. The summed E-state index contributed by atoms with van der Waals surface area (Å²) in [4.78, 5) is 2.55. The van der Waals surface area contributed by atoms with Crippen LogP contribution in [0.5, 0.6) is 11.5 Å². The van der Waals surface area contributed by atoms with Crippen molar-refractivity contribution in [2.24, 2.45) is 0 Å². The fourth-order valence-corrected chi connectivity index (χ4v) is 4.02. The molecular formula is C23H26ClN2O3. The lowest BCUT2D eigenvalue weighted by atomic mass is 10.1. The lowest BCUT2D eigenvalue weighted by Gasteiger charge is -2.26. The summed E-state index contributed by atoms with van der Waals surface area (Å²) in [5, 5.41) is 5.72. The van der Waals surface area contributed by atoms with Crippen LogP contribution in [0.2, 0.25) is 5.02 Å². The zero-order valence-electron chi connectivity index (χ0n) is 16.7. The van der Waals surface area contributed by atoms with Crippen molar-refractivity contribution in [1.82, 2.24) is 10.1 Å². The van der Waals surface area contributed by atoms with Crippen LogP contribution in [0, 0.1) is 6.07 Å². The molecule has 0 aliphatic carbocycles. The molecule has 1 saturated heterocycles. The predicted octanol–water partition coefficient (Wildman–Crippen LogP) is 5.60. The Bertz CT molecular complexity index is 950. The summed E-state index contributed by atoms with van der Waals surface area (Å²) < 4.78 is 17.1. The van der Waals surface area contributed by atoms with E-state index in [0.29, 0.717) is 34.4 Å². The van der Waals surface area contributed by atoms with Crippen LogP contribution in [0.4, 0.5) is 0 Å². The Morgan fingerprint density at radius 1 is 1.17 bits per heavy atom. The number of methoxy groups -OCH3 is 1. The number of hydrogen-bond acceptors (Lipinski definition) is 5. The van der Waals surface area contributed by atoms with Crippen molar-refractivity contribution in [2.75, 3.05) is 33.4 Å². The molecule has 0 amide bonds. The minimum absolute atomic E-state index is 0.605. The molecule has 3 aromatic rings. The third-order valence-electron chi connectivity index (χ3n) is 5.37. The number of piperidine rings is 1. The van der Waals surface area contributed by atoms with Gasteiger partial charge in [0.2, 0.25) is 0 Å². The van der Waals surface area contributed by atoms with Crippen molar-refractivity contribution < 1.29 is 14.0 Å². The smallest absolute Gasteiger partial charge is 0.170 e. The van der Waals surface area contributed by atoms with Crippen LogP contribution in [0.1, 0.15) is 32.1 Å². The molecule has 5 nitrogen and oxygen atoms in total. The van der Waals surface area contributed by atoms with Crippen LogP contribution in [-0.4, -0.2) is 43.4 Å².